The summed E-state index contributed by atoms with van der Waals surface area (Å²) < 4.78 is 39.7. The summed E-state index contributed by atoms with van der Waals surface area (Å²) in [6.07, 6.45) is 0. The first kappa shape index (κ1) is 15.4. The Kier molecular flexibility index (Phi) is 4.58. The number of halogens is 2. The molecule has 0 bridgehead atoms. The predicted octanol–water partition coefficient (Wildman–Crippen LogP) is 2.83. The predicted molar refractivity (Wildman–Crippen MR) is 76.6 cm³/mol. The molecule has 0 aliphatic carbocycles. The van der Waals surface area contributed by atoms with E-state index in [1.807, 2.05) is 6.07 Å². The van der Waals surface area contributed by atoms with E-state index in [4.69, 9.17) is 16.9 Å². The molecule has 2 rings (SSSR count). The van der Waals surface area contributed by atoms with Crippen molar-refractivity contribution in [2.24, 2.45) is 0 Å². The third-order valence-electron chi connectivity index (χ3n) is 2.73. The molecule has 1 N–H and O–H groups in total. The zero-order chi connectivity index (χ0) is 15.5. The summed E-state index contributed by atoms with van der Waals surface area (Å²) in [6, 6.07) is 11.5. The lowest BCUT2D eigenvalue weighted by molar-refractivity contribution is 0.577. The molecule has 0 spiro atoms. The molecule has 0 saturated carbocycles. The van der Waals surface area contributed by atoms with Gasteiger partial charge in [0.1, 0.15) is 10.7 Å². The zero-order valence-corrected chi connectivity index (χ0v) is 12.2. The van der Waals surface area contributed by atoms with Crippen LogP contribution in [0.15, 0.2) is 47.4 Å². The molecule has 0 heterocycles. The highest BCUT2D eigenvalue weighted by Gasteiger charge is 2.18. The van der Waals surface area contributed by atoms with Gasteiger partial charge in [-0.15, -0.1) is 0 Å². The van der Waals surface area contributed by atoms with Crippen molar-refractivity contribution in [3.63, 3.8) is 0 Å². The van der Waals surface area contributed by atoms with Crippen LogP contribution in [-0.2, 0) is 16.6 Å². The van der Waals surface area contributed by atoms with E-state index < -0.39 is 15.8 Å². The summed E-state index contributed by atoms with van der Waals surface area (Å²) in [5, 5.41) is 8.63. The van der Waals surface area contributed by atoms with Gasteiger partial charge in [0.05, 0.1) is 16.7 Å². The molecule has 0 radical (unpaired) electrons. The minimum Gasteiger partial charge on any atom is -0.207 e. The van der Waals surface area contributed by atoms with Crippen LogP contribution in [0.3, 0.4) is 0 Å². The van der Waals surface area contributed by atoms with E-state index in [-0.39, 0.29) is 16.5 Å². The van der Waals surface area contributed by atoms with E-state index in [9.17, 15) is 12.8 Å². The van der Waals surface area contributed by atoms with Crippen molar-refractivity contribution >= 4 is 21.6 Å². The zero-order valence-electron chi connectivity index (χ0n) is 10.7. The molecule has 0 aliphatic rings. The van der Waals surface area contributed by atoms with Crippen molar-refractivity contribution in [2.75, 3.05) is 0 Å². The highest BCUT2D eigenvalue weighted by atomic mass is 35.5. The molecule has 21 heavy (non-hydrogen) atoms. The topological polar surface area (TPSA) is 70.0 Å². The Bertz CT molecular complexity index is 799. The lowest BCUT2D eigenvalue weighted by Crippen LogP contribution is -2.23. The highest BCUT2D eigenvalue weighted by Crippen LogP contribution is 2.22. The van der Waals surface area contributed by atoms with Gasteiger partial charge in [0.25, 0.3) is 0 Å². The van der Waals surface area contributed by atoms with Crippen molar-refractivity contribution in [2.45, 2.75) is 11.4 Å². The average Bonchev–Trinajstić information content (AvgIpc) is 2.48. The fourth-order valence-electron chi connectivity index (χ4n) is 1.64. The van der Waals surface area contributed by atoms with Crippen LogP contribution in [0.25, 0.3) is 0 Å². The van der Waals surface area contributed by atoms with Crippen molar-refractivity contribution in [1.29, 1.82) is 5.26 Å². The van der Waals surface area contributed by atoms with Crippen LogP contribution in [0, 0.1) is 17.1 Å². The smallest absolute Gasteiger partial charge is 0.207 e. The maximum atomic E-state index is 13.1. The Labute approximate surface area is 126 Å². The van der Waals surface area contributed by atoms with Crippen molar-refractivity contribution < 1.29 is 12.8 Å². The van der Waals surface area contributed by atoms with Gasteiger partial charge in [-0.25, -0.2) is 17.5 Å². The van der Waals surface area contributed by atoms with Crippen molar-refractivity contribution in [1.82, 2.24) is 4.72 Å². The van der Waals surface area contributed by atoms with Crippen LogP contribution < -0.4 is 4.72 Å². The SMILES string of the molecule is N#Cc1ccc(CNS(=O)(=O)c2cc(F)ccc2Cl)cc1. The number of nitrogens with zero attached hydrogens (tertiary/aromatic N) is 1. The molecule has 0 saturated heterocycles. The lowest BCUT2D eigenvalue weighted by atomic mass is 10.1. The van der Waals surface area contributed by atoms with Crippen LogP contribution in [0.1, 0.15) is 11.1 Å². The van der Waals surface area contributed by atoms with Crippen LogP contribution >= 0.6 is 11.6 Å². The Hall–Kier alpha value is -1.94. The van der Waals surface area contributed by atoms with Crippen molar-refractivity contribution in [3.05, 3.63) is 64.4 Å². The van der Waals surface area contributed by atoms with Gasteiger partial charge in [-0.1, -0.05) is 23.7 Å². The second kappa shape index (κ2) is 6.22. The van der Waals surface area contributed by atoms with E-state index in [0.717, 1.165) is 12.1 Å². The number of hydrogen-bond acceptors (Lipinski definition) is 3. The summed E-state index contributed by atoms with van der Waals surface area (Å²) in [6.45, 7) is 0.0148. The van der Waals surface area contributed by atoms with E-state index >= 15 is 0 Å². The molecule has 0 atom stereocenters. The van der Waals surface area contributed by atoms with Gasteiger partial charge in [0.2, 0.25) is 10.0 Å². The molecule has 4 nitrogen and oxygen atoms in total. The minimum absolute atomic E-state index is 0.0148. The standard InChI is InChI=1S/C14H10ClFN2O2S/c15-13-6-5-12(16)7-14(13)21(19,20)18-9-11-3-1-10(8-17)2-4-11/h1-7,18H,9H2. The summed E-state index contributed by atoms with van der Waals surface area (Å²) in [7, 11) is -3.91. The third kappa shape index (κ3) is 3.79. The lowest BCUT2D eigenvalue weighted by Gasteiger charge is -2.08. The second-order valence-electron chi connectivity index (χ2n) is 4.21. The van der Waals surface area contributed by atoms with Crippen LogP contribution in [0.2, 0.25) is 5.02 Å². The van der Waals surface area contributed by atoms with Crippen LogP contribution in [-0.4, -0.2) is 8.42 Å². The number of sulfonamides is 1. The number of benzene rings is 2. The number of rotatable bonds is 4. The fraction of sp³-hybridized carbons (Fsp3) is 0.0714. The minimum atomic E-state index is -3.91. The largest absolute Gasteiger partial charge is 0.242 e. The van der Waals surface area contributed by atoms with Gasteiger partial charge in [-0.2, -0.15) is 5.26 Å². The molecular formula is C14H10ClFN2O2S. The van der Waals surface area contributed by atoms with Gasteiger partial charge < -0.3 is 0 Å². The Balaban J connectivity index is 2.17. The Morgan fingerprint density at radius 3 is 2.48 bits per heavy atom. The van der Waals surface area contributed by atoms with Gasteiger partial charge >= 0.3 is 0 Å². The molecule has 0 unspecified atom stereocenters. The normalized spacial score (nSPS) is 11.1. The maximum absolute atomic E-state index is 13.1. The monoisotopic (exact) mass is 324 g/mol. The number of hydrogen-bond donors (Lipinski definition) is 1. The molecule has 0 aromatic heterocycles. The van der Waals surface area contributed by atoms with E-state index in [2.05, 4.69) is 4.72 Å². The van der Waals surface area contributed by atoms with Gasteiger partial charge in [-0.3, -0.25) is 0 Å². The molecule has 7 heteroatoms. The molecule has 108 valence electrons. The van der Waals surface area contributed by atoms with Crippen LogP contribution in [0.5, 0.6) is 0 Å². The molecule has 0 fully saturated rings. The third-order valence-corrected chi connectivity index (χ3v) is 4.61. The Morgan fingerprint density at radius 2 is 1.86 bits per heavy atom. The van der Waals surface area contributed by atoms with E-state index in [0.29, 0.717) is 11.1 Å². The van der Waals surface area contributed by atoms with Gasteiger partial charge in [-0.05, 0) is 35.9 Å². The maximum Gasteiger partial charge on any atom is 0.242 e. The molecule has 2 aromatic rings. The fourth-order valence-corrected chi connectivity index (χ4v) is 3.16. The molecule has 2 aromatic carbocycles. The van der Waals surface area contributed by atoms with Crippen LogP contribution in [0.4, 0.5) is 4.39 Å². The number of nitrogens with one attached hydrogen (secondary N) is 1. The van der Waals surface area contributed by atoms with Gasteiger partial charge in [0, 0.05) is 6.54 Å². The summed E-state index contributed by atoms with van der Waals surface area (Å²) in [5.74, 6) is -0.682. The highest BCUT2D eigenvalue weighted by molar-refractivity contribution is 7.89. The van der Waals surface area contributed by atoms with Gasteiger partial charge in [0.15, 0.2) is 0 Å². The molecule has 0 aliphatic heterocycles. The Morgan fingerprint density at radius 1 is 1.19 bits per heavy atom. The first-order valence-electron chi connectivity index (χ1n) is 5.86. The van der Waals surface area contributed by atoms with E-state index in [1.54, 1.807) is 24.3 Å². The molecule has 0 amide bonds. The summed E-state index contributed by atoms with van der Waals surface area (Å²) >= 11 is 5.78. The molecular weight excluding hydrogens is 315 g/mol. The quantitative estimate of drug-likeness (QED) is 0.940. The first-order valence-corrected chi connectivity index (χ1v) is 7.72. The summed E-state index contributed by atoms with van der Waals surface area (Å²) in [4.78, 5) is -0.308. The first-order chi connectivity index (χ1) is 9.92. The average molecular weight is 325 g/mol. The van der Waals surface area contributed by atoms with E-state index in [1.165, 1.54) is 6.07 Å². The second-order valence-corrected chi connectivity index (χ2v) is 6.35. The van der Waals surface area contributed by atoms with Crippen molar-refractivity contribution in [3.8, 4) is 6.07 Å². The summed E-state index contributed by atoms with van der Waals surface area (Å²) in [5.41, 5.74) is 1.15. The number of nitriles is 1.